The number of nitrogens with one attached hydrogen (secondary N) is 1. The smallest absolute Gasteiger partial charge is 0.230 e. The zero-order valence-electron chi connectivity index (χ0n) is 13.6. The van der Waals surface area contributed by atoms with Crippen LogP contribution in [-0.4, -0.2) is 32.0 Å². The van der Waals surface area contributed by atoms with Crippen molar-refractivity contribution in [1.82, 2.24) is 5.32 Å². The highest BCUT2D eigenvalue weighted by Crippen LogP contribution is 2.31. The van der Waals surface area contributed by atoms with Gasteiger partial charge in [-0.1, -0.05) is 12.1 Å². The number of carbonyl (C=O) groups excluding carboxylic acids is 2. The fraction of sp³-hybridized carbons (Fsp3) is 0.333. The van der Waals surface area contributed by atoms with E-state index in [1.807, 2.05) is 35.7 Å². The highest BCUT2D eigenvalue weighted by Gasteiger charge is 2.20. The topological polar surface area (TPSA) is 58.6 Å². The van der Waals surface area contributed by atoms with E-state index in [0.29, 0.717) is 32.4 Å². The lowest BCUT2D eigenvalue weighted by Crippen LogP contribution is -2.27. The van der Waals surface area contributed by atoms with Gasteiger partial charge in [-0.25, -0.2) is 0 Å². The molecule has 2 aromatic rings. The Morgan fingerprint density at radius 3 is 3.04 bits per heavy atom. The maximum Gasteiger partial charge on any atom is 0.230 e. The Labute approximate surface area is 145 Å². The highest BCUT2D eigenvalue weighted by molar-refractivity contribution is 7.10. The number of anilines is 1. The normalized spacial score (nSPS) is 13.9. The van der Waals surface area contributed by atoms with Crippen molar-refractivity contribution < 1.29 is 14.3 Å². The molecular weight excluding hydrogens is 324 g/mol. The summed E-state index contributed by atoms with van der Waals surface area (Å²) in [6.45, 7) is 0.982. The van der Waals surface area contributed by atoms with Crippen LogP contribution in [0.2, 0.25) is 0 Å². The molecular formula is C18H20N2O3S. The lowest BCUT2D eigenvalue weighted by Gasteiger charge is -2.17. The van der Waals surface area contributed by atoms with Crippen LogP contribution in [0.1, 0.15) is 16.9 Å². The predicted molar refractivity (Wildman–Crippen MR) is 94.7 cm³/mol. The molecule has 1 aliphatic rings. The number of hydrogen-bond donors (Lipinski definition) is 1. The Kier molecular flexibility index (Phi) is 5.15. The number of hydrogen-bond acceptors (Lipinski definition) is 4. The van der Waals surface area contributed by atoms with Crippen LogP contribution in [0.15, 0.2) is 35.7 Å². The predicted octanol–water partition coefficient (Wildman–Crippen LogP) is 2.39. The Balaban J connectivity index is 1.57. The average Bonchev–Trinajstić information content (AvgIpc) is 3.03. The molecule has 1 aromatic carbocycles. The van der Waals surface area contributed by atoms with Gasteiger partial charge in [0.05, 0.1) is 25.1 Å². The Morgan fingerprint density at radius 2 is 2.25 bits per heavy atom. The number of benzene rings is 1. The molecule has 3 rings (SSSR count). The summed E-state index contributed by atoms with van der Waals surface area (Å²) in [5, 5.41) is 4.91. The van der Waals surface area contributed by atoms with Gasteiger partial charge in [0, 0.05) is 18.5 Å². The number of thiophene rings is 1. The molecule has 0 bridgehead atoms. The number of carbonyl (C=O) groups is 2. The summed E-state index contributed by atoms with van der Waals surface area (Å²) in [4.78, 5) is 26.5. The van der Waals surface area contributed by atoms with E-state index in [2.05, 4.69) is 5.32 Å². The van der Waals surface area contributed by atoms with Gasteiger partial charge >= 0.3 is 0 Å². The van der Waals surface area contributed by atoms with Crippen LogP contribution in [0.5, 0.6) is 5.75 Å². The maximum atomic E-state index is 11.9. The molecule has 0 spiro atoms. The fourth-order valence-corrected chi connectivity index (χ4v) is 3.34. The summed E-state index contributed by atoms with van der Waals surface area (Å²) in [5.74, 6) is 0.812. The zero-order valence-corrected chi connectivity index (χ0v) is 14.4. The van der Waals surface area contributed by atoms with E-state index in [4.69, 9.17) is 4.74 Å². The quantitative estimate of drug-likeness (QED) is 0.906. The summed E-state index contributed by atoms with van der Waals surface area (Å²) < 4.78 is 5.61. The van der Waals surface area contributed by atoms with Crippen molar-refractivity contribution in [3.63, 3.8) is 0 Å². The first-order chi connectivity index (χ1) is 11.6. The second kappa shape index (κ2) is 7.49. The van der Waals surface area contributed by atoms with Crippen molar-refractivity contribution in [1.29, 1.82) is 0 Å². The largest absolute Gasteiger partial charge is 0.491 e. The summed E-state index contributed by atoms with van der Waals surface area (Å²) in [7, 11) is 1.77. The molecule has 2 amide bonds. The van der Waals surface area contributed by atoms with Crippen LogP contribution in [-0.2, 0) is 22.4 Å². The molecule has 0 atom stereocenters. The molecule has 1 N–H and O–H groups in total. The lowest BCUT2D eigenvalue weighted by atomic mass is 10.1. The number of rotatable bonds is 5. The van der Waals surface area contributed by atoms with Crippen molar-refractivity contribution in [3.05, 3.63) is 46.2 Å². The second-order valence-corrected chi connectivity index (χ2v) is 6.74. The number of fused-ring (bicyclic) bond motifs is 1. The minimum atomic E-state index is 0.0304. The van der Waals surface area contributed by atoms with Gasteiger partial charge in [-0.3, -0.25) is 9.59 Å². The number of ether oxygens (including phenoxy) is 1. The molecule has 0 unspecified atom stereocenters. The van der Waals surface area contributed by atoms with Gasteiger partial charge in [-0.05, 0) is 35.6 Å². The second-order valence-electron chi connectivity index (χ2n) is 5.71. The molecule has 1 aliphatic heterocycles. The first-order valence-corrected chi connectivity index (χ1v) is 8.83. The Hall–Kier alpha value is -2.34. The summed E-state index contributed by atoms with van der Waals surface area (Å²) in [6.07, 6.45) is 1.53. The molecule has 5 nitrogen and oxygen atoms in total. The molecule has 0 radical (unpaired) electrons. The third-order valence-electron chi connectivity index (χ3n) is 3.98. The van der Waals surface area contributed by atoms with E-state index >= 15 is 0 Å². The Morgan fingerprint density at radius 1 is 1.38 bits per heavy atom. The van der Waals surface area contributed by atoms with Gasteiger partial charge in [0.25, 0.3) is 0 Å². The maximum absolute atomic E-state index is 11.9. The Bertz CT molecular complexity index is 728. The van der Waals surface area contributed by atoms with E-state index in [0.717, 1.165) is 21.9 Å². The molecule has 6 heteroatoms. The van der Waals surface area contributed by atoms with Crippen molar-refractivity contribution >= 4 is 28.8 Å². The van der Waals surface area contributed by atoms with Crippen LogP contribution in [0, 0.1) is 0 Å². The molecule has 0 saturated heterocycles. The van der Waals surface area contributed by atoms with Crippen molar-refractivity contribution in [2.75, 3.05) is 25.1 Å². The third kappa shape index (κ3) is 3.94. The molecule has 126 valence electrons. The summed E-state index contributed by atoms with van der Waals surface area (Å²) in [5.41, 5.74) is 1.86. The van der Waals surface area contributed by atoms with Crippen molar-refractivity contribution in [2.24, 2.45) is 0 Å². The first kappa shape index (κ1) is 16.5. The van der Waals surface area contributed by atoms with Gasteiger partial charge in [-0.15, -0.1) is 11.3 Å². The molecule has 0 fully saturated rings. The number of nitrogens with zero attached hydrogens (tertiary/aromatic N) is 1. The van der Waals surface area contributed by atoms with Crippen molar-refractivity contribution in [3.8, 4) is 5.75 Å². The zero-order chi connectivity index (χ0) is 16.9. The van der Waals surface area contributed by atoms with Gasteiger partial charge in [0.1, 0.15) is 5.75 Å². The minimum Gasteiger partial charge on any atom is -0.491 e. The summed E-state index contributed by atoms with van der Waals surface area (Å²) in [6, 6.07) is 9.75. The molecule has 0 saturated carbocycles. The summed E-state index contributed by atoms with van der Waals surface area (Å²) >= 11 is 1.59. The van der Waals surface area contributed by atoms with Crippen molar-refractivity contribution in [2.45, 2.75) is 19.3 Å². The minimum absolute atomic E-state index is 0.0304. The standard InChI is InChI=1S/C18H20N2O3S/c1-20-15-11-13(4-5-16(15)23-9-7-18(20)22)6-8-19-17(21)12-14-3-2-10-24-14/h2-5,10-11H,6-9,12H2,1H3,(H,19,21). The monoisotopic (exact) mass is 344 g/mol. The van der Waals surface area contributed by atoms with Crippen LogP contribution in [0.25, 0.3) is 0 Å². The van der Waals surface area contributed by atoms with Gasteiger partial charge in [-0.2, -0.15) is 0 Å². The van der Waals surface area contributed by atoms with Crippen LogP contribution >= 0.6 is 11.3 Å². The first-order valence-electron chi connectivity index (χ1n) is 7.95. The molecule has 1 aromatic heterocycles. The highest BCUT2D eigenvalue weighted by atomic mass is 32.1. The number of amides is 2. The third-order valence-corrected chi connectivity index (χ3v) is 4.86. The SMILES string of the molecule is CN1C(=O)CCOc2ccc(CCNC(=O)Cc3cccs3)cc21. The van der Waals surface area contributed by atoms with Gasteiger partial charge < -0.3 is 15.0 Å². The molecule has 0 aliphatic carbocycles. The van der Waals surface area contributed by atoms with E-state index in [9.17, 15) is 9.59 Å². The molecule has 24 heavy (non-hydrogen) atoms. The van der Waals surface area contributed by atoms with Gasteiger partial charge in [0.2, 0.25) is 11.8 Å². The van der Waals surface area contributed by atoms with Crippen LogP contribution in [0.4, 0.5) is 5.69 Å². The van der Waals surface area contributed by atoms with E-state index < -0.39 is 0 Å². The average molecular weight is 344 g/mol. The van der Waals surface area contributed by atoms with E-state index in [-0.39, 0.29) is 11.8 Å². The lowest BCUT2D eigenvalue weighted by molar-refractivity contribution is -0.120. The van der Waals surface area contributed by atoms with Gasteiger partial charge in [0.15, 0.2) is 0 Å². The van der Waals surface area contributed by atoms with Crippen LogP contribution < -0.4 is 15.0 Å². The van der Waals surface area contributed by atoms with E-state index in [1.165, 1.54) is 0 Å². The fourth-order valence-electron chi connectivity index (χ4n) is 2.63. The molecule has 2 heterocycles. The van der Waals surface area contributed by atoms with E-state index in [1.54, 1.807) is 23.3 Å². The van der Waals surface area contributed by atoms with Crippen LogP contribution in [0.3, 0.4) is 0 Å².